The summed E-state index contributed by atoms with van der Waals surface area (Å²) >= 11 is 3.37. The van der Waals surface area contributed by atoms with E-state index in [1.807, 2.05) is 6.07 Å². The smallest absolute Gasteiger partial charge is 0.258 e. The lowest BCUT2D eigenvalue weighted by atomic mass is 10.2. The molecule has 0 bridgehead atoms. The van der Waals surface area contributed by atoms with Gasteiger partial charge in [-0.2, -0.15) is 4.98 Å². The van der Waals surface area contributed by atoms with Crippen molar-refractivity contribution in [2.75, 3.05) is 12.8 Å². The number of ether oxygens (including phenoxy) is 1. The Bertz CT molecular complexity index is 769. The number of benzene rings is 1. The van der Waals surface area contributed by atoms with Crippen molar-refractivity contribution < 1.29 is 9.26 Å². The maximum absolute atomic E-state index is 5.80. The molecule has 0 fully saturated rings. The van der Waals surface area contributed by atoms with Gasteiger partial charge in [0.05, 0.1) is 7.11 Å². The van der Waals surface area contributed by atoms with Crippen LogP contribution in [0.2, 0.25) is 0 Å². The molecule has 0 amide bonds. The van der Waals surface area contributed by atoms with Crippen LogP contribution in [0.15, 0.2) is 39.6 Å². The molecule has 3 rings (SSSR count). The first-order chi connectivity index (χ1) is 10.2. The van der Waals surface area contributed by atoms with Crippen molar-refractivity contribution in [3.63, 3.8) is 0 Å². The molecule has 3 aromatic rings. The number of hydrogen-bond acceptors (Lipinski definition) is 7. The summed E-state index contributed by atoms with van der Waals surface area (Å²) in [6, 6.07) is 7.01. The van der Waals surface area contributed by atoms with Gasteiger partial charge in [-0.1, -0.05) is 21.1 Å². The zero-order chi connectivity index (χ0) is 14.8. The van der Waals surface area contributed by atoms with E-state index in [1.54, 1.807) is 18.2 Å². The molecule has 0 unspecified atom stereocenters. The summed E-state index contributed by atoms with van der Waals surface area (Å²) in [4.78, 5) is 12.3. The Labute approximate surface area is 128 Å². The molecule has 2 heterocycles. The van der Waals surface area contributed by atoms with Gasteiger partial charge in [0, 0.05) is 21.8 Å². The zero-order valence-electron chi connectivity index (χ0n) is 10.9. The molecule has 0 radical (unpaired) electrons. The summed E-state index contributed by atoms with van der Waals surface area (Å²) in [7, 11) is 1.53. The zero-order valence-corrected chi connectivity index (χ0v) is 12.5. The molecule has 106 valence electrons. The van der Waals surface area contributed by atoms with Crippen molar-refractivity contribution in [3.05, 3.63) is 35.1 Å². The summed E-state index contributed by atoms with van der Waals surface area (Å²) in [6.45, 7) is 0. The SMILES string of the molecule is COc1cc(-c2noc(-c3cc(N)cc(Br)c3)n2)ncn1. The van der Waals surface area contributed by atoms with Crippen LogP contribution in [-0.4, -0.2) is 27.2 Å². The Morgan fingerprint density at radius 3 is 2.81 bits per heavy atom. The van der Waals surface area contributed by atoms with Crippen LogP contribution in [0.5, 0.6) is 5.88 Å². The fraction of sp³-hybridized carbons (Fsp3) is 0.0769. The van der Waals surface area contributed by atoms with Gasteiger partial charge in [0.25, 0.3) is 5.89 Å². The summed E-state index contributed by atoms with van der Waals surface area (Å²) in [5.74, 6) is 1.14. The van der Waals surface area contributed by atoms with Crippen LogP contribution in [0.1, 0.15) is 0 Å². The fourth-order valence-electron chi connectivity index (χ4n) is 1.75. The highest BCUT2D eigenvalue weighted by molar-refractivity contribution is 9.10. The predicted molar refractivity (Wildman–Crippen MR) is 79.4 cm³/mol. The minimum absolute atomic E-state index is 0.351. The van der Waals surface area contributed by atoms with E-state index in [0.29, 0.717) is 29.0 Å². The van der Waals surface area contributed by atoms with Gasteiger partial charge in [0.15, 0.2) is 0 Å². The second-order valence-electron chi connectivity index (χ2n) is 4.14. The van der Waals surface area contributed by atoms with Crippen molar-refractivity contribution in [1.29, 1.82) is 0 Å². The Kier molecular flexibility index (Phi) is 3.53. The van der Waals surface area contributed by atoms with Crippen LogP contribution in [-0.2, 0) is 0 Å². The number of nitrogen functional groups attached to an aromatic ring is 1. The van der Waals surface area contributed by atoms with Gasteiger partial charge in [-0.25, -0.2) is 9.97 Å². The van der Waals surface area contributed by atoms with Crippen LogP contribution in [0.25, 0.3) is 23.0 Å². The highest BCUT2D eigenvalue weighted by atomic mass is 79.9. The van der Waals surface area contributed by atoms with E-state index < -0.39 is 0 Å². The Hall–Kier alpha value is -2.48. The topological polar surface area (TPSA) is 100.0 Å². The van der Waals surface area contributed by atoms with Gasteiger partial charge in [-0.05, 0) is 18.2 Å². The number of methoxy groups -OCH3 is 1. The number of nitrogens with two attached hydrogens (primary N) is 1. The minimum atomic E-state index is 0.351. The summed E-state index contributed by atoms with van der Waals surface area (Å²) in [5, 5.41) is 3.91. The Morgan fingerprint density at radius 1 is 1.19 bits per heavy atom. The molecule has 0 spiro atoms. The van der Waals surface area contributed by atoms with Gasteiger partial charge >= 0.3 is 0 Å². The van der Waals surface area contributed by atoms with Crippen molar-refractivity contribution >= 4 is 21.6 Å². The van der Waals surface area contributed by atoms with Crippen LogP contribution in [0, 0.1) is 0 Å². The second-order valence-corrected chi connectivity index (χ2v) is 5.06. The van der Waals surface area contributed by atoms with Crippen LogP contribution >= 0.6 is 15.9 Å². The molecule has 2 N–H and O–H groups in total. The van der Waals surface area contributed by atoms with Gasteiger partial charge < -0.3 is 15.0 Å². The molecule has 2 aromatic heterocycles. The van der Waals surface area contributed by atoms with Gasteiger partial charge in [0.1, 0.15) is 12.0 Å². The van der Waals surface area contributed by atoms with Gasteiger partial charge in [-0.15, -0.1) is 0 Å². The molecular weight excluding hydrogens is 338 g/mol. The molecule has 0 saturated heterocycles. The molecule has 0 atom stereocenters. The van der Waals surface area contributed by atoms with Crippen LogP contribution < -0.4 is 10.5 Å². The van der Waals surface area contributed by atoms with E-state index in [1.165, 1.54) is 13.4 Å². The lowest BCUT2D eigenvalue weighted by Crippen LogP contribution is -1.92. The summed E-state index contributed by atoms with van der Waals surface area (Å²) in [6.07, 6.45) is 1.38. The van der Waals surface area contributed by atoms with E-state index >= 15 is 0 Å². The third kappa shape index (κ3) is 2.84. The normalized spacial score (nSPS) is 10.6. The first kappa shape index (κ1) is 13.5. The number of hydrogen-bond donors (Lipinski definition) is 1. The average Bonchev–Trinajstić information content (AvgIpc) is 2.96. The quantitative estimate of drug-likeness (QED) is 0.726. The first-order valence-electron chi connectivity index (χ1n) is 5.92. The van der Waals surface area contributed by atoms with E-state index in [-0.39, 0.29) is 0 Å². The summed E-state index contributed by atoms with van der Waals surface area (Å²) in [5.41, 5.74) is 7.63. The molecule has 0 aliphatic carbocycles. The number of nitrogens with zero attached hydrogens (tertiary/aromatic N) is 4. The maximum Gasteiger partial charge on any atom is 0.258 e. The highest BCUT2D eigenvalue weighted by Crippen LogP contribution is 2.27. The number of aromatic nitrogens is 4. The van der Waals surface area contributed by atoms with E-state index in [4.69, 9.17) is 15.0 Å². The molecule has 1 aromatic carbocycles. The van der Waals surface area contributed by atoms with Crippen molar-refractivity contribution in [2.24, 2.45) is 0 Å². The minimum Gasteiger partial charge on any atom is -0.481 e. The third-order valence-electron chi connectivity index (χ3n) is 2.67. The molecule has 0 aliphatic heterocycles. The lowest BCUT2D eigenvalue weighted by molar-refractivity contribution is 0.397. The van der Waals surface area contributed by atoms with E-state index in [9.17, 15) is 0 Å². The second kappa shape index (κ2) is 5.49. The van der Waals surface area contributed by atoms with Gasteiger partial charge in [0.2, 0.25) is 11.7 Å². The number of anilines is 1. The summed E-state index contributed by atoms with van der Waals surface area (Å²) < 4.78 is 11.1. The average molecular weight is 348 g/mol. The number of halogens is 1. The maximum atomic E-state index is 5.80. The Balaban J connectivity index is 1.99. The first-order valence-corrected chi connectivity index (χ1v) is 6.71. The highest BCUT2D eigenvalue weighted by Gasteiger charge is 2.13. The van der Waals surface area contributed by atoms with Crippen molar-refractivity contribution in [3.8, 4) is 28.9 Å². The van der Waals surface area contributed by atoms with Crippen LogP contribution in [0.4, 0.5) is 5.69 Å². The van der Waals surface area contributed by atoms with E-state index in [0.717, 1.165) is 10.0 Å². The molecule has 7 nitrogen and oxygen atoms in total. The lowest BCUT2D eigenvalue weighted by Gasteiger charge is -1.99. The van der Waals surface area contributed by atoms with Crippen molar-refractivity contribution in [1.82, 2.24) is 20.1 Å². The van der Waals surface area contributed by atoms with Crippen LogP contribution in [0.3, 0.4) is 0 Å². The standard InChI is InChI=1S/C13H10BrN5O2/c1-20-11-5-10(16-6-17-11)12-18-13(21-19-12)7-2-8(14)4-9(15)3-7/h2-6H,15H2,1H3. The van der Waals surface area contributed by atoms with Gasteiger partial charge in [-0.3, -0.25) is 0 Å². The largest absolute Gasteiger partial charge is 0.481 e. The molecule has 0 saturated carbocycles. The molecule has 8 heteroatoms. The predicted octanol–water partition coefficient (Wildman–Crippen LogP) is 2.55. The molecule has 21 heavy (non-hydrogen) atoms. The molecule has 0 aliphatic rings. The fourth-order valence-corrected chi connectivity index (χ4v) is 2.26. The molecular formula is C13H10BrN5O2. The number of rotatable bonds is 3. The van der Waals surface area contributed by atoms with E-state index in [2.05, 4.69) is 36.0 Å². The Morgan fingerprint density at radius 2 is 2.05 bits per heavy atom. The van der Waals surface area contributed by atoms with Crippen molar-refractivity contribution in [2.45, 2.75) is 0 Å². The third-order valence-corrected chi connectivity index (χ3v) is 3.13. The monoisotopic (exact) mass is 347 g/mol.